The van der Waals surface area contributed by atoms with Crippen LogP contribution in [0, 0.1) is 11.6 Å². The fraction of sp³-hybridized carbons (Fsp3) is 0. The van der Waals surface area contributed by atoms with Gasteiger partial charge >= 0.3 is 0 Å². The molecular formula is C12H8ClF2N. The second kappa shape index (κ2) is 4.10. The standard InChI is InChI=1S/C12H8ClF2N/c13-12-10(14)5-8(6-11(12)15)7-1-3-9(16)4-2-7/h1-6H,16H2. The molecule has 0 unspecified atom stereocenters. The Morgan fingerprint density at radius 3 is 1.88 bits per heavy atom. The van der Waals surface area contributed by atoms with Crippen LogP contribution in [0.5, 0.6) is 0 Å². The van der Waals surface area contributed by atoms with Gasteiger partial charge in [0.25, 0.3) is 0 Å². The van der Waals surface area contributed by atoms with Crippen molar-refractivity contribution in [3.8, 4) is 11.1 Å². The maximum absolute atomic E-state index is 13.2. The summed E-state index contributed by atoms with van der Waals surface area (Å²) < 4.78 is 26.4. The van der Waals surface area contributed by atoms with Crippen molar-refractivity contribution in [3.05, 3.63) is 53.1 Å². The van der Waals surface area contributed by atoms with E-state index >= 15 is 0 Å². The zero-order valence-electron chi connectivity index (χ0n) is 8.18. The van der Waals surface area contributed by atoms with Gasteiger partial charge in [-0.05, 0) is 35.4 Å². The minimum Gasteiger partial charge on any atom is -0.399 e. The molecule has 2 aromatic rings. The van der Waals surface area contributed by atoms with Crippen LogP contribution in [-0.4, -0.2) is 0 Å². The second-order valence-corrected chi connectivity index (χ2v) is 3.75. The molecule has 0 fully saturated rings. The van der Waals surface area contributed by atoms with Crippen LogP contribution >= 0.6 is 11.6 Å². The number of hydrogen-bond donors (Lipinski definition) is 1. The lowest BCUT2D eigenvalue weighted by Crippen LogP contribution is -1.88. The van der Waals surface area contributed by atoms with Crippen molar-refractivity contribution in [1.82, 2.24) is 0 Å². The van der Waals surface area contributed by atoms with Gasteiger partial charge in [-0.25, -0.2) is 8.78 Å². The number of anilines is 1. The summed E-state index contributed by atoms with van der Waals surface area (Å²) in [5.41, 5.74) is 7.23. The van der Waals surface area contributed by atoms with Crippen LogP contribution < -0.4 is 5.73 Å². The van der Waals surface area contributed by atoms with Gasteiger partial charge < -0.3 is 5.73 Å². The summed E-state index contributed by atoms with van der Waals surface area (Å²) in [7, 11) is 0. The van der Waals surface area contributed by atoms with E-state index in [2.05, 4.69) is 0 Å². The lowest BCUT2D eigenvalue weighted by molar-refractivity contribution is 0.585. The summed E-state index contributed by atoms with van der Waals surface area (Å²) >= 11 is 5.39. The third kappa shape index (κ3) is 1.99. The SMILES string of the molecule is Nc1ccc(-c2cc(F)c(Cl)c(F)c2)cc1. The van der Waals surface area contributed by atoms with Gasteiger partial charge in [0.2, 0.25) is 0 Å². The summed E-state index contributed by atoms with van der Waals surface area (Å²) in [5.74, 6) is -1.54. The van der Waals surface area contributed by atoms with Gasteiger partial charge in [-0.1, -0.05) is 23.7 Å². The third-order valence-corrected chi connectivity index (χ3v) is 2.59. The van der Waals surface area contributed by atoms with Crippen LogP contribution in [0.2, 0.25) is 5.02 Å². The summed E-state index contributed by atoms with van der Waals surface area (Å²) in [6.07, 6.45) is 0. The molecule has 82 valence electrons. The Bertz CT molecular complexity index is 500. The zero-order valence-corrected chi connectivity index (χ0v) is 8.93. The molecule has 0 saturated carbocycles. The summed E-state index contributed by atoms with van der Waals surface area (Å²) in [6, 6.07) is 9.10. The zero-order chi connectivity index (χ0) is 11.7. The third-order valence-electron chi connectivity index (χ3n) is 2.23. The van der Waals surface area contributed by atoms with E-state index in [-0.39, 0.29) is 0 Å². The monoisotopic (exact) mass is 239 g/mol. The van der Waals surface area contributed by atoms with Gasteiger partial charge in [-0.2, -0.15) is 0 Å². The predicted octanol–water partition coefficient (Wildman–Crippen LogP) is 3.87. The highest BCUT2D eigenvalue weighted by Gasteiger charge is 2.09. The molecule has 0 atom stereocenters. The molecule has 0 heterocycles. The predicted molar refractivity (Wildman–Crippen MR) is 61.2 cm³/mol. The molecule has 2 N–H and O–H groups in total. The first-order valence-corrected chi connectivity index (χ1v) is 4.96. The van der Waals surface area contributed by atoms with E-state index in [4.69, 9.17) is 17.3 Å². The van der Waals surface area contributed by atoms with Crippen LogP contribution in [0.3, 0.4) is 0 Å². The van der Waals surface area contributed by atoms with Crippen molar-refractivity contribution >= 4 is 17.3 Å². The molecule has 0 aliphatic heterocycles. The number of hydrogen-bond acceptors (Lipinski definition) is 1. The van der Waals surface area contributed by atoms with E-state index in [1.165, 1.54) is 12.1 Å². The van der Waals surface area contributed by atoms with Crippen molar-refractivity contribution in [2.75, 3.05) is 5.73 Å². The lowest BCUT2D eigenvalue weighted by Gasteiger charge is -2.04. The molecule has 0 bridgehead atoms. The fourth-order valence-corrected chi connectivity index (χ4v) is 1.51. The fourth-order valence-electron chi connectivity index (χ4n) is 1.40. The maximum Gasteiger partial charge on any atom is 0.145 e. The van der Waals surface area contributed by atoms with E-state index < -0.39 is 16.7 Å². The minimum absolute atomic E-state index is 0.430. The molecule has 2 aromatic carbocycles. The Kier molecular flexibility index (Phi) is 2.79. The lowest BCUT2D eigenvalue weighted by atomic mass is 10.1. The molecule has 2 rings (SSSR count). The highest BCUT2D eigenvalue weighted by molar-refractivity contribution is 6.31. The van der Waals surface area contributed by atoms with Gasteiger partial charge in [-0.3, -0.25) is 0 Å². The highest BCUT2D eigenvalue weighted by Crippen LogP contribution is 2.27. The van der Waals surface area contributed by atoms with Crippen molar-refractivity contribution in [3.63, 3.8) is 0 Å². The molecule has 0 spiro atoms. The van der Waals surface area contributed by atoms with Gasteiger partial charge in [-0.15, -0.1) is 0 Å². The number of rotatable bonds is 1. The molecule has 0 saturated heterocycles. The number of benzene rings is 2. The average molecular weight is 240 g/mol. The van der Waals surface area contributed by atoms with Gasteiger partial charge in [0.05, 0.1) is 0 Å². The van der Waals surface area contributed by atoms with E-state index in [1.807, 2.05) is 0 Å². The Morgan fingerprint density at radius 2 is 1.38 bits per heavy atom. The topological polar surface area (TPSA) is 26.0 Å². The molecule has 0 aliphatic carbocycles. The molecule has 1 nitrogen and oxygen atoms in total. The average Bonchev–Trinajstić information content (AvgIpc) is 2.26. The number of halogens is 3. The van der Waals surface area contributed by atoms with Crippen LogP contribution in [0.1, 0.15) is 0 Å². The van der Waals surface area contributed by atoms with Crippen LogP contribution in [0.25, 0.3) is 11.1 Å². The van der Waals surface area contributed by atoms with E-state index in [9.17, 15) is 8.78 Å². The number of nitrogen functional groups attached to an aromatic ring is 1. The first-order chi connectivity index (χ1) is 7.58. The molecule has 16 heavy (non-hydrogen) atoms. The maximum atomic E-state index is 13.2. The molecule has 0 aromatic heterocycles. The van der Waals surface area contributed by atoms with Crippen molar-refractivity contribution < 1.29 is 8.78 Å². The normalized spacial score (nSPS) is 10.4. The van der Waals surface area contributed by atoms with E-state index in [0.29, 0.717) is 16.8 Å². The van der Waals surface area contributed by atoms with Crippen LogP contribution in [0.4, 0.5) is 14.5 Å². The molecule has 0 radical (unpaired) electrons. The molecule has 0 amide bonds. The second-order valence-electron chi connectivity index (χ2n) is 3.38. The van der Waals surface area contributed by atoms with Crippen molar-refractivity contribution in [1.29, 1.82) is 0 Å². The Labute approximate surface area is 96.5 Å². The number of nitrogens with two attached hydrogens (primary N) is 1. The first kappa shape index (κ1) is 10.9. The van der Waals surface area contributed by atoms with E-state index in [0.717, 1.165) is 0 Å². The summed E-state index contributed by atoms with van der Waals surface area (Å²) in [6.45, 7) is 0. The van der Waals surface area contributed by atoms with Gasteiger partial charge in [0.1, 0.15) is 16.7 Å². The smallest absolute Gasteiger partial charge is 0.145 e. The van der Waals surface area contributed by atoms with E-state index in [1.54, 1.807) is 24.3 Å². The largest absolute Gasteiger partial charge is 0.399 e. The summed E-state index contributed by atoms with van der Waals surface area (Å²) in [4.78, 5) is 0. The molecule has 4 heteroatoms. The molecule has 0 aliphatic rings. The quantitative estimate of drug-likeness (QED) is 0.593. The van der Waals surface area contributed by atoms with Crippen molar-refractivity contribution in [2.45, 2.75) is 0 Å². The first-order valence-electron chi connectivity index (χ1n) is 4.58. The Balaban J connectivity index is 2.52. The Hall–Kier alpha value is -1.61. The van der Waals surface area contributed by atoms with Crippen molar-refractivity contribution in [2.24, 2.45) is 0 Å². The van der Waals surface area contributed by atoms with Gasteiger partial charge in [0, 0.05) is 5.69 Å². The highest BCUT2D eigenvalue weighted by atomic mass is 35.5. The minimum atomic E-state index is -0.770. The van der Waals surface area contributed by atoms with Crippen LogP contribution in [-0.2, 0) is 0 Å². The Morgan fingerprint density at radius 1 is 0.875 bits per heavy atom. The summed E-state index contributed by atoms with van der Waals surface area (Å²) in [5, 5.41) is -0.487. The molecular weight excluding hydrogens is 232 g/mol. The van der Waals surface area contributed by atoms with Crippen LogP contribution in [0.15, 0.2) is 36.4 Å². The van der Waals surface area contributed by atoms with Gasteiger partial charge in [0.15, 0.2) is 0 Å².